The molecule has 0 saturated carbocycles. The average Bonchev–Trinajstić information content (AvgIpc) is 2.74. The van der Waals surface area contributed by atoms with Crippen LogP contribution in [0.5, 0.6) is 0 Å². The molecule has 0 unspecified atom stereocenters. The fraction of sp³-hybridized carbons (Fsp3) is 0.533. The zero-order valence-electron chi connectivity index (χ0n) is 12.7. The highest BCUT2D eigenvalue weighted by Crippen LogP contribution is 2.31. The number of carbonyl (C=O) groups excluding carboxylic acids is 1. The summed E-state index contributed by atoms with van der Waals surface area (Å²) in [5, 5.41) is 14.8. The molecule has 0 spiro atoms. The zero-order chi connectivity index (χ0) is 15.4. The van der Waals surface area contributed by atoms with Gasteiger partial charge in [-0.2, -0.15) is 0 Å². The Hall–Kier alpha value is -1.95. The van der Waals surface area contributed by atoms with E-state index in [4.69, 9.17) is 4.52 Å². The molecule has 1 aliphatic heterocycles. The van der Waals surface area contributed by atoms with E-state index >= 15 is 0 Å². The number of hydrogen-bond donors (Lipinski definition) is 1. The first-order valence-electron chi connectivity index (χ1n) is 7.07. The number of nitrogens with zero attached hydrogens (tertiary/aromatic N) is 3. The van der Waals surface area contributed by atoms with Crippen LogP contribution in [0.1, 0.15) is 35.6 Å². The van der Waals surface area contributed by atoms with E-state index in [9.17, 15) is 9.90 Å². The second-order valence-electron chi connectivity index (χ2n) is 6.18. The van der Waals surface area contributed by atoms with Crippen LogP contribution in [0.3, 0.4) is 0 Å². The number of aromatic nitrogens is 2. The predicted octanol–water partition coefficient (Wildman–Crippen LogP) is 1.68. The molecule has 0 aliphatic carbocycles. The molecule has 0 radical (unpaired) electrons. The Morgan fingerprint density at radius 3 is 2.71 bits per heavy atom. The van der Waals surface area contributed by atoms with Crippen LogP contribution >= 0.6 is 0 Å². The summed E-state index contributed by atoms with van der Waals surface area (Å²) >= 11 is 0. The number of likely N-dealkylation sites (tertiary alicyclic amines) is 1. The van der Waals surface area contributed by atoms with Crippen molar-refractivity contribution in [3.05, 3.63) is 23.0 Å². The van der Waals surface area contributed by atoms with Crippen LogP contribution in [0.25, 0.3) is 11.1 Å². The van der Waals surface area contributed by atoms with Crippen LogP contribution in [-0.4, -0.2) is 44.7 Å². The molecule has 1 aliphatic rings. The molecule has 6 heteroatoms. The normalized spacial score (nSPS) is 17.3. The summed E-state index contributed by atoms with van der Waals surface area (Å²) < 4.78 is 5.15. The Balaban J connectivity index is 1.95. The number of rotatable bonds is 2. The van der Waals surface area contributed by atoms with Gasteiger partial charge >= 0.3 is 0 Å². The van der Waals surface area contributed by atoms with Gasteiger partial charge in [0.2, 0.25) is 0 Å². The van der Waals surface area contributed by atoms with Gasteiger partial charge < -0.3 is 14.5 Å². The van der Waals surface area contributed by atoms with E-state index in [2.05, 4.69) is 10.1 Å². The lowest BCUT2D eigenvalue weighted by Crippen LogP contribution is -2.65. The van der Waals surface area contributed by atoms with E-state index < -0.39 is 5.60 Å². The third-order valence-corrected chi connectivity index (χ3v) is 4.27. The fourth-order valence-electron chi connectivity index (χ4n) is 2.68. The molecule has 2 aromatic rings. The summed E-state index contributed by atoms with van der Waals surface area (Å²) in [7, 11) is 0. The maximum Gasteiger partial charge on any atom is 0.258 e. The Morgan fingerprint density at radius 1 is 1.43 bits per heavy atom. The van der Waals surface area contributed by atoms with Crippen molar-refractivity contribution in [3.8, 4) is 0 Å². The summed E-state index contributed by atoms with van der Waals surface area (Å²) in [4.78, 5) is 18.6. The van der Waals surface area contributed by atoms with E-state index in [0.29, 0.717) is 41.1 Å². The van der Waals surface area contributed by atoms with E-state index in [1.165, 1.54) is 0 Å². The number of fused-ring (bicyclic) bond motifs is 1. The van der Waals surface area contributed by atoms with Gasteiger partial charge in [-0.3, -0.25) is 4.79 Å². The Kier molecular flexibility index (Phi) is 3.02. The van der Waals surface area contributed by atoms with Crippen LogP contribution in [0.15, 0.2) is 10.6 Å². The smallest absolute Gasteiger partial charge is 0.258 e. The van der Waals surface area contributed by atoms with Crippen molar-refractivity contribution < 1.29 is 14.4 Å². The summed E-state index contributed by atoms with van der Waals surface area (Å²) in [6.07, 6.45) is 0. The number of aryl methyl sites for hydroxylation is 2. The zero-order valence-corrected chi connectivity index (χ0v) is 12.7. The number of carbonyl (C=O) groups is 1. The van der Waals surface area contributed by atoms with Gasteiger partial charge in [0.15, 0.2) is 0 Å². The quantitative estimate of drug-likeness (QED) is 0.910. The number of amides is 1. The van der Waals surface area contributed by atoms with Crippen LogP contribution in [-0.2, 0) is 0 Å². The standard InChI is InChI=1S/C15H19N3O3/c1-8(2)15(20)6-18(7-15)14(19)11-5-9(3)16-13-12(11)10(4)17-21-13/h5,8,20H,6-7H2,1-4H3. The second-order valence-corrected chi connectivity index (χ2v) is 6.18. The molecule has 1 saturated heterocycles. The summed E-state index contributed by atoms with van der Waals surface area (Å²) in [6.45, 7) is 8.24. The Labute approximate surface area is 122 Å². The molecule has 1 amide bonds. The van der Waals surface area contributed by atoms with Crippen molar-refractivity contribution in [2.75, 3.05) is 13.1 Å². The average molecular weight is 289 g/mol. The van der Waals surface area contributed by atoms with Crippen molar-refractivity contribution in [1.82, 2.24) is 15.0 Å². The minimum Gasteiger partial charge on any atom is -0.386 e. The topological polar surface area (TPSA) is 79.5 Å². The summed E-state index contributed by atoms with van der Waals surface area (Å²) in [5.41, 5.74) is 1.51. The molecular formula is C15H19N3O3. The lowest BCUT2D eigenvalue weighted by Gasteiger charge is -2.49. The first-order valence-corrected chi connectivity index (χ1v) is 7.07. The fourth-order valence-corrected chi connectivity index (χ4v) is 2.68. The molecule has 0 atom stereocenters. The molecule has 0 bridgehead atoms. The number of aliphatic hydroxyl groups is 1. The van der Waals surface area contributed by atoms with Crippen molar-refractivity contribution in [2.45, 2.75) is 33.3 Å². The van der Waals surface area contributed by atoms with Crippen LogP contribution < -0.4 is 0 Å². The highest BCUT2D eigenvalue weighted by atomic mass is 16.5. The maximum atomic E-state index is 12.7. The van der Waals surface area contributed by atoms with Crippen molar-refractivity contribution >= 4 is 17.0 Å². The van der Waals surface area contributed by atoms with Gasteiger partial charge in [-0.05, 0) is 25.8 Å². The molecule has 2 aromatic heterocycles. The van der Waals surface area contributed by atoms with Gasteiger partial charge in [-0.25, -0.2) is 4.98 Å². The molecule has 0 aromatic carbocycles. The van der Waals surface area contributed by atoms with Gasteiger partial charge in [-0.1, -0.05) is 19.0 Å². The van der Waals surface area contributed by atoms with Crippen LogP contribution in [0, 0.1) is 19.8 Å². The molecule has 1 N–H and O–H groups in total. The highest BCUT2D eigenvalue weighted by molar-refractivity contribution is 6.06. The number of pyridine rings is 1. The van der Waals surface area contributed by atoms with E-state index in [1.54, 1.807) is 17.9 Å². The lowest BCUT2D eigenvalue weighted by atomic mass is 9.82. The number of β-amino-alcohol motifs (C(OH)–C–C–N with tert-alkyl or cyclic N) is 1. The highest BCUT2D eigenvalue weighted by Gasteiger charge is 2.46. The Morgan fingerprint density at radius 2 is 2.10 bits per heavy atom. The van der Waals surface area contributed by atoms with Gasteiger partial charge in [0.1, 0.15) is 5.60 Å². The minimum atomic E-state index is -0.777. The van der Waals surface area contributed by atoms with Crippen LogP contribution in [0.2, 0.25) is 0 Å². The van der Waals surface area contributed by atoms with Crippen molar-refractivity contribution in [1.29, 1.82) is 0 Å². The molecule has 21 heavy (non-hydrogen) atoms. The molecule has 3 rings (SSSR count). The van der Waals surface area contributed by atoms with Crippen molar-refractivity contribution in [3.63, 3.8) is 0 Å². The molecule has 1 fully saturated rings. The Bertz CT molecular complexity index is 714. The van der Waals surface area contributed by atoms with Crippen molar-refractivity contribution in [2.24, 2.45) is 5.92 Å². The van der Waals surface area contributed by atoms with E-state index in [0.717, 1.165) is 0 Å². The molecule has 3 heterocycles. The monoisotopic (exact) mass is 289 g/mol. The van der Waals surface area contributed by atoms with E-state index in [-0.39, 0.29) is 11.8 Å². The maximum absolute atomic E-state index is 12.7. The molecule has 6 nitrogen and oxygen atoms in total. The van der Waals surface area contributed by atoms with Gasteiger partial charge in [-0.15, -0.1) is 0 Å². The SMILES string of the molecule is Cc1cc(C(=O)N2CC(O)(C(C)C)C2)c2c(C)noc2n1. The third-order valence-electron chi connectivity index (χ3n) is 4.27. The summed E-state index contributed by atoms with van der Waals surface area (Å²) in [5.74, 6) is 0.0141. The first-order chi connectivity index (χ1) is 9.82. The molecule has 112 valence electrons. The number of hydrogen-bond acceptors (Lipinski definition) is 5. The van der Waals surface area contributed by atoms with Gasteiger partial charge in [0, 0.05) is 5.69 Å². The van der Waals surface area contributed by atoms with Gasteiger partial charge in [0.25, 0.3) is 11.6 Å². The van der Waals surface area contributed by atoms with Gasteiger partial charge in [0.05, 0.1) is 29.7 Å². The lowest BCUT2D eigenvalue weighted by molar-refractivity contribution is -0.110. The summed E-state index contributed by atoms with van der Waals surface area (Å²) in [6, 6.07) is 1.75. The second kappa shape index (κ2) is 4.53. The largest absolute Gasteiger partial charge is 0.386 e. The predicted molar refractivity (Wildman–Crippen MR) is 77.0 cm³/mol. The minimum absolute atomic E-state index is 0.109. The third kappa shape index (κ3) is 2.10. The molecular weight excluding hydrogens is 270 g/mol. The van der Waals surface area contributed by atoms with Crippen LogP contribution in [0.4, 0.5) is 0 Å². The van der Waals surface area contributed by atoms with E-state index in [1.807, 2.05) is 20.8 Å². The first kappa shape index (κ1) is 14.0.